The molecule has 0 aliphatic carbocycles. The van der Waals surface area contributed by atoms with Gasteiger partial charge in [-0.15, -0.1) is 11.6 Å². The van der Waals surface area contributed by atoms with Crippen LogP contribution >= 0.6 is 11.6 Å². The third-order valence-electron chi connectivity index (χ3n) is 2.97. The Hall–Kier alpha value is 0.290. The van der Waals surface area contributed by atoms with E-state index in [0.717, 1.165) is 5.92 Å². The Bertz CT molecular complexity index is 104. The minimum atomic E-state index is 0.384. The summed E-state index contributed by atoms with van der Waals surface area (Å²) < 4.78 is 0. The molecule has 0 amide bonds. The molecule has 0 nitrogen and oxygen atoms in total. The van der Waals surface area contributed by atoms with Gasteiger partial charge in [0.25, 0.3) is 0 Å². The van der Waals surface area contributed by atoms with Crippen molar-refractivity contribution in [3.05, 3.63) is 0 Å². The summed E-state index contributed by atoms with van der Waals surface area (Å²) in [4.78, 5) is 0. The maximum Gasteiger partial charge on any atom is 0.0359 e. The van der Waals surface area contributed by atoms with Crippen molar-refractivity contribution in [1.82, 2.24) is 0 Å². The number of hydrogen-bond acceptors (Lipinski definition) is 0. The van der Waals surface area contributed by atoms with Crippen LogP contribution in [0.1, 0.15) is 59.8 Å². The molecule has 0 fully saturated rings. The maximum atomic E-state index is 6.19. The van der Waals surface area contributed by atoms with Crippen molar-refractivity contribution in [2.75, 3.05) is 0 Å². The molecule has 0 aliphatic rings. The van der Waals surface area contributed by atoms with Crippen LogP contribution in [0.3, 0.4) is 0 Å². The van der Waals surface area contributed by atoms with Gasteiger partial charge in [0.2, 0.25) is 0 Å². The first kappa shape index (κ1) is 13.3. The van der Waals surface area contributed by atoms with Crippen molar-refractivity contribution >= 4 is 11.6 Å². The molecule has 0 saturated heterocycles. The molecule has 0 heterocycles. The van der Waals surface area contributed by atoms with Crippen LogP contribution in [0.15, 0.2) is 0 Å². The predicted molar refractivity (Wildman–Crippen MR) is 62.4 cm³/mol. The van der Waals surface area contributed by atoms with Crippen molar-refractivity contribution in [3.8, 4) is 0 Å². The summed E-state index contributed by atoms with van der Waals surface area (Å²) in [5.74, 6) is 1.55. The second-order valence-corrected chi connectivity index (χ2v) is 4.93. The highest BCUT2D eigenvalue weighted by molar-refractivity contribution is 6.20. The topological polar surface area (TPSA) is 0 Å². The highest BCUT2D eigenvalue weighted by Gasteiger charge is 2.10. The molecule has 0 spiro atoms. The van der Waals surface area contributed by atoms with Gasteiger partial charge in [0.1, 0.15) is 0 Å². The molecule has 1 atom stereocenters. The second-order valence-electron chi connectivity index (χ2n) is 4.37. The van der Waals surface area contributed by atoms with Gasteiger partial charge in [0.05, 0.1) is 0 Å². The minimum absolute atomic E-state index is 0.384. The van der Waals surface area contributed by atoms with Crippen LogP contribution in [0.5, 0.6) is 0 Å². The Morgan fingerprint density at radius 3 is 1.92 bits per heavy atom. The molecule has 80 valence electrons. The fourth-order valence-electron chi connectivity index (χ4n) is 1.63. The molecule has 0 rings (SSSR count). The van der Waals surface area contributed by atoms with Gasteiger partial charge in [-0.2, -0.15) is 0 Å². The molecule has 0 aliphatic heterocycles. The molecule has 1 unspecified atom stereocenters. The van der Waals surface area contributed by atoms with Crippen molar-refractivity contribution in [3.63, 3.8) is 0 Å². The van der Waals surface area contributed by atoms with Crippen LogP contribution in [0, 0.1) is 11.8 Å². The van der Waals surface area contributed by atoms with Crippen molar-refractivity contribution in [1.29, 1.82) is 0 Å². The lowest BCUT2D eigenvalue weighted by Gasteiger charge is -2.15. The molecule has 0 saturated carbocycles. The third-order valence-corrected chi connectivity index (χ3v) is 3.69. The Morgan fingerprint density at radius 1 is 1.00 bits per heavy atom. The van der Waals surface area contributed by atoms with E-state index < -0.39 is 0 Å². The van der Waals surface area contributed by atoms with Crippen LogP contribution < -0.4 is 0 Å². The number of halogens is 1. The first-order chi connectivity index (χ1) is 6.11. The van der Waals surface area contributed by atoms with E-state index in [9.17, 15) is 0 Å². The summed E-state index contributed by atoms with van der Waals surface area (Å²) in [6.07, 6.45) is 6.51. The molecule has 0 bridgehead atoms. The summed E-state index contributed by atoms with van der Waals surface area (Å²) in [7, 11) is 0. The Balaban J connectivity index is 3.43. The molecular formula is C12H25Cl. The number of rotatable bonds is 7. The molecule has 0 aromatic rings. The Labute approximate surface area is 89.1 Å². The van der Waals surface area contributed by atoms with Gasteiger partial charge >= 0.3 is 0 Å². The van der Waals surface area contributed by atoms with E-state index in [0.29, 0.717) is 11.3 Å². The average molecular weight is 205 g/mol. The molecule has 0 aromatic carbocycles. The van der Waals surface area contributed by atoms with Gasteiger partial charge < -0.3 is 0 Å². The summed E-state index contributed by atoms with van der Waals surface area (Å²) in [6, 6.07) is 0. The normalized spacial score (nSPS) is 14.1. The van der Waals surface area contributed by atoms with E-state index in [1.54, 1.807) is 0 Å². The monoisotopic (exact) mass is 204 g/mol. The largest absolute Gasteiger partial charge is 0.123 e. The fourth-order valence-corrected chi connectivity index (χ4v) is 1.79. The smallest absolute Gasteiger partial charge is 0.0359 e. The lowest BCUT2D eigenvalue weighted by Crippen LogP contribution is -2.08. The Kier molecular flexibility index (Phi) is 7.84. The van der Waals surface area contributed by atoms with Gasteiger partial charge in [-0.25, -0.2) is 0 Å². The van der Waals surface area contributed by atoms with Crippen molar-refractivity contribution in [2.45, 2.75) is 65.2 Å². The van der Waals surface area contributed by atoms with E-state index in [2.05, 4.69) is 27.7 Å². The summed E-state index contributed by atoms with van der Waals surface area (Å²) in [5, 5.41) is 0.384. The van der Waals surface area contributed by atoms with E-state index in [-0.39, 0.29) is 0 Å². The van der Waals surface area contributed by atoms with E-state index >= 15 is 0 Å². The quantitative estimate of drug-likeness (QED) is 0.520. The second kappa shape index (κ2) is 7.67. The molecule has 13 heavy (non-hydrogen) atoms. The van der Waals surface area contributed by atoms with Crippen molar-refractivity contribution in [2.24, 2.45) is 11.8 Å². The zero-order valence-electron chi connectivity index (χ0n) is 9.65. The molecular weight excluding hydrogens is 180 g/mol. The molecule has 0 radical (unpaired) electrons. The van der Waals surface area contributed by atoms with Gasteiger partial charge in [-0.3, -0.25) is 0 Å². The SMILES string of the molecule is CCC(CC)CCCC(Cl)C(C)C. The van der Waals surface area contributed by atoms with Crippen LogP contribution in [0.4, 0.5) is 0 Å². The highest BCUT2D eigenvalue weighted by Crippen LogP contribution is 2.21. The summed E-state index contributed by atoms with van der Waals surface area (Å²) in [5.41, 5.74) is 0. The average Bonchev–Trinajstić information content (AvgIpc) is 2.12. The molecule has 0 N–H and O–H groups in total. The van der Waals surface area contributed by atoms with E-state index in [1.807, 2.05) is 0 Å². The van der Waals surface area contributed by atoms with Gasteiger partial charge in [-0.1, -0.05) is 53.4 Å². The van der Waals surface area contributed by atoms with E-state index in [4.69, 9.17) is 11.6 Å². The molecule has 1 heteroatoms. The Morgan fingerprint density at radius 2 is 1.54 bits per heavy atom. The van der Waals surface area contributed by atoms with Crippen molar-refractivity contribution < 1.29 is 0 Å². The lowest BCUT2D eigenvalue weighted by molar-refractivity contribution is 0.419. The zero-order chi connectivity index (χ0) is 10.3. The van der Waals surface area contributed by atoms with E-state index in [1.165, 1.54) is 32.1 Å². The summed E-state index contributed by atoms with van der Waals surface area (Å²) in [6.45, 7) is 8.98. The first-order valence-electron chi connectivity index (χ1n) is 5.75. The molecule has 0 aromatic heterocycles. The van der Waals surface area contributed by atoms with Crippen LogP contribution in [0.25, 0.3) is 0 Å². The van der Waals surface area contributed by atoms with Crippen LogP contribution in [-0.2, 0) is 0 Å². The van der Waals surface area contributed by atoms with Gasteiger partial charge in [0, 0.05) is 5.38 Å². The summed E-state index contributed by atoms with van der Waals surface area (Å²) >= 11 is 6.19. The zero-order valence-corrected chi connectivity index (χ0v) is 10.4. The lowest BCUT2D eigenvalue weighted by atomic mass is 9.94. The number of hydrogen-bond donors (Lipinski definition) is 0. The van der Waals surface area contributed by atoms with Gasteiger partial charge in [0.15, 0.2) is 0 Å². The standard InChI is InChI=1S/C12H25Cl/c1-5-11(6-2)8-7-9-12(13)10(3)4/h10-12H,5-9H2,1-4H3. The third kappa shape index (κ3) is 6.37. The predicted octanol–water partition coefficient (Wildman–Crippen LogP) is 4.86. The fraction of sp³-hybridized carbons (Fsp3) is 1.00. The van der Waals surface area contributed by atoms with Gasteiger partial charge in [-0.05, 0) is 18.3 Å². The van der Waals surface area contributed by atoms with Crippen LogP contribution in [-0.4, -0.2) is 5.38 Å². The minimum Gasteiger partial charge on any atom is -0.123 e. The highest BCUT2D eigenvalue weighted by atomic mass is 35.5. The van der Waals surface area contributed by atoms with Crippen LogP contribution in [0.2, 0.25) is 0 Å². The number of alkyl halides is 1. The maximum absolute atomic E-state index is 6.19. The first-order valence-corrected chi connectivity index (χ1v) is 6.19.